The largest absolute Gasteiger partial charge is 0.348 e. The maximum Gasteiger partial charge on any atom is 0.309 e. The summed E-state index contributed by atoms with van der Waals surface area (Å²) in [6, 6.07) is 19.6. The Morgan fingerprint density at radius 3 is 2.17 bits per heavy atom. The van der Waals surface area contributed by atoms with Crippen LogP contribution in [0.1, 0.15) is 36.9 Å². The number of nitrogens with one attached hydrogen (secondary N) is 2. The molecule has 0 spiro atoms. The number of carbonyl (C=O) groups is 2. The Kier molecular flexibility index (Phi) is 7.02. The Labute approximate surface area is 143 Å². The molecule has 24 heavy (non-hydrogen) atoms. The van der Waals surface area contributed by atoms with E-state index in [-0.39, 0.29) is 6.04 Å². The van der Waals surface area contributed by atoms with Gasteiger partial charge in [0, 0.05) is 6.54 Å². The molecule has 0 aromatic heterocycles. The predicted molar refractivity (Wildman–Crippen MR) is 95.4 cm³/mol. The zero-order chi connectivity index (χ0) is 17.2. The van der Waals surface area contributed by atoms with Gasteiger partial charge in [0.15, 0.2) is 0 Å². The third kappa shape index (κ3) is 5.88. The third-order valence-corrected chi connectivity index (χ3v) is 3.87. The van der Waals surface area contributed by atoms with Crippen molar-refractivity contribution < 1.29 is 9.59 Å². The number of carbonyl (C=O) groups excluding carboxylic acids is 2. The predicted octanol–water partition coefficient (Wildman–Crippen LogP) is 3.00. The van der Waals surface area contributed by atoms with E-state index in [1.54, 1.807) is 0 Å². The van der Waals surface area contributed by atoms with Crippen molar-refractivity contribution in [3.8, 4) is 0 Å². The smallest absolute Gasteiger partial charge is 0.309 e. The van der Waals surface area contributed by atoms with Crippen molar-refractivity contribution in [3.05, 3.63) is 71.8 Å². The lowest BCUT2D eigenvalue weighted by molar-refractivity contribution is -0.139. The van der Waals surface area contributed by atoms with Crippen LogP contribution >= 0.6 is 0 Å². The summed E-state index contributed by atoms with van der Waals surface area (Å²) >= 11 is 0. The van der Waals surface area contributed by atoms with Crippen molar-refractivity contribution >= 4 is 11.8 Å². The van der Waals surface area contributed by atoms with Gasteiger partial charge in [-0.15, -0.1) is 0 Å². The lowest BCUT2D eigenvalue weighted by atomic mass is 10.1. The molecular formula is C20H24N2O2. The van der Waals surface area contributed by atoms with Gasteiger partial charge in [0.1, 0.15) is 0 Å². The van der Waals surface area contributed by atoms with Crippen LogP contribution in [0.3, 0.4) is 0 Å². The first-order valence-electron chi connectivity index (χ1n) is 8.34. The fourth-order valence-corrected chi connectivity index (χ4v) is 2.47. The number of unbranched alkanes of at least 4 members (excludes halogenated alkanes) is 1. The van der Waals surface area contributed by atoms with Crippen molar-refractivity contribution in [3.63, 3.8) is 0 Å². The maximum atomic E-state index is 11.9. The molecule has 2 amide bonds. The number of aryl methyl sites for hydroxylation is 1. The van der Waals surface area contributed by atoms with Crippen LogP contribution in [0.25, 0.3) is 0 Å². The van der Waals surface area contributed by atoms with Gasteiger partial charge in [-0.25, -0.2) is 0 Å². The zero-order valence-corrected chi connectivity index (χ0v) is 14.0. The van der Waals surface area contributed by atoms with Crippen LogP contribution in [0.5, 0.6) is 0 Å². The fraction of sp³-hybridized carbons (Fsp3) is 0.300. The second-order valence-electron chi connectivity index (χ2n) is 5.80. The van der Waals surface area contributed by atoms with E-state index in [0.29, 0.717) is 6.54 Å². The number of amides is 2. The van der Waals surface area contributed by atoms with E-state index in [1.807, 2.05) is 55.5 Å². The van der Waals surface area contributed by atoms with E-state index in [1.165, 1.54) is 5.56 Å². The molecule has 0 heterocycles. The minimum absolute atomic E-state index is 0.192. The molecule has 0 saturated carbocycles. The summed E-state index contributed by atoms with van der Waals surface area (Å²) in [5, 5.41) is 5.39. The summed E-state index contributed by atoms with van der Waals surface area (Å²) < 4.78 is 0. The van der Waals surface area contributed by atoms with Crippen molar-refractivity contribution in [1.82, 2.24) is 10.6 Å². The second kappa shape index (κ2) is 9.50. The molecule has 126 valence electrons. The van der Waals surface area contributed by atoms with E-state index in [0.717, 1.165) is 24.8 Å². The molecule has 0 fully saturated rings. The highest BCUT2D eigenvalue weighted by molar-refractivity contribution is 6.35. The van der Waals surface area contributed by atoms with E-state index in [4.69, 9.17) is 0 Å². The van der Waals surface area contributed by atoms with Crippen molar-refractivity contribution in [1.29, 1.82) is 0 Å². The third-order valence-electron chi connectivity index (χ3n) is 3.87. The summed E-state index contributed by atoms with van der Waals surface area (Å²) in [6.45, 7) is 2.37. The quantitative estimate of drug-likeness (QED) is 0.607. The van der Waals surface area contributed by atoms with Crippen molar-refractivity contribution in [2.24, 2.45) is 0 Å². The Morgan fingerprint density at radius 1 is 0.875 bits per heavy atom. The van der Waals surface area contributed by atoms with Gasteiger partial charge in [-0.2, -0.15) is 0 Å². The highest BCUT2D eigenvalue weighted by Gasteiger charge is 2.16. The molecular weight excluding hydrogens is 300 g/mol. The molecule has 0 radical (unpaired) electrons. The standard InChI is InChI=1S/C20H24N2O2/c1-16(18-13-6-3-7-14-18)22-20(24)19(23)21-15-9-8-12-17-10-4-2-5-11-17/h2-7,10-11,13-14,16H,8-9,12,15H2,1H3,(H,21,23)(H,22,24)/t16-/m0/s1. The molecule has 0 saturated heterocycles. The molecule has 2 aromatic rings. The van der Waals surface area contributed by atoms with E-state index >= 15 is 0 Å². The molecule has 4 nitrogen and oxygen atoms in total. The summed E-state index contributed by atoms with van der Waals surface area (Å²) in [5.74, 6) is -1.16. The lowest BCUT2D eigenvalue weighted by Crippen LogP contribution is -2.41. The number of hydrogen-bond donors (Lipinski definition) is 2. The fourth-order valence-electron chi connectivity index (χ4n) is 2.47. The van der Waals surface area contributed by atoms with Crippen LogP contribution < -0.4 is 10.6 Å². The molecule has 4 heteroatoms. The van der Waals surface area contributed by atoms with Gasteiger partial charge in [-0.3, -0.25) is 9.59 Å². The van der Waals surface area contributed by atoms with Gasteiger partial charge in [-0.05, 0) is 37.3 Å². The normalized spacial score (nSPS) is 11.5. The van der Waals surface area contributed by atoms with Gasteiger partial charge < -0.3 is 10.6 Å². The van der Waals surface area contributed by atoms with E-state index < -0.39 is 11.8 Å². The monoisotopic (exact) mass is 324 g/mol. The second-order valence-corrected chi connectivity index (χ2v) is 5.80. The summed E-state index contributed by atoms with van der Waals surface area (Å²) in [7, 11) is 0. The summed E-state index contributed by atoms with van der Waals surface area (Å²) in [4.78, 5) is 23.7. The highest BCUT2D eigenvalue weighted by atomic mass is 16.2. The SMILES string of the molecule is C[C@H](NC(=O)C(=O)NCCCCc1ccccc1)c1ccccc1. The highest BCUT2D eigenvalue weighted by Crippen LogP contribution is 2.10. The minimum Gasteiger partial charge on any atom is -0.348 e. The number of hydrogen-bond acceptors (Lipinski definition) is 2. The molecule has 0 unspecified atom stereocenters. The maximum absolute atomic E-state index is 11.9. The van der Waals surface area contributed by atoms with Gasteiger partial charge in [0.25, 0.3) is 0 Å². The Bertz CT molecular complexity index is 641. The topological polar surface area (TPSA) is 58.2 Å². The molecule has 0 aliphatic heterocycles. The van der Waals surface area contributed by atoms with Gasteiger partial charge in [-0.1, -0.05) is 60.7 Å². The van der Waals surface area contributed by atoms with Crippen LogP contribution in [-0.4, -0.2) is 18.4 Å². The average Bonchev–Trinajstić information content (AvgIpc) is 2.62. The van der Waals surface area contributed by atoms with Crippen molar-refractivity contribution in [2.45, 2.75) is 32.2 Å². The molecule has 0 aliphatic carbocycles. The van der Waals surface area contributed by atoms with Crippen LogP contribution in [0.15, 0.2) is 60.7 Å². The molecule has 2 aromatic carbocycles. The van der Waals surface area contributed by atoms with E-state index in [2.05, 4.69) is 22.8 Å². The molecule has 0 bridgehead atoms. The van der Waals surface area contributed by atoms with Gasteiger partial charge in [0.05, 0.1) is 6.04 Å². The minimum atomic E-state index is -0.589. The van der Waals surface area contributed by atoms with Gasteiger partial charge >= 0.3 is 11.8 Å². The van der Waals surface area contributed by atoms with Crippen LogP contribution in [0.2, 0.25) is 0 Å². The Balaban J connectivity index is 1.64. The first-order valence-corrected chi connectivity index (χ1v) is 8.34. The number of benzene rings is 2. The lowest BCUT2D eigenvalue weighted by Gasteiger charge is -2.14. The van der Waals surface area contributed by atoms with Gasteiger partial charge in [0.2, 0.25) is 0 Å². The first kappa shape index (κ1) is 17.7. The molecule has 1 atom stereocenters. The van der Waals surface area contributed by atoms with E-state index in [9.17, 15) is 9.59 Å². The Morgan fingerprint density at radius 2 is 1.50 bits per heavy atom. The molecule has 0 aliphatic rings. The first-order chi connectivity index (χ1) is 11.7. The van der Waals surface area contributed by atoms with Crippen LogP contribution in [-0.2, 0) is 16.0 Å². The number of rotatable bonds is 7. The summed E-state index contributed by atoms with van der Waals surface area (Å²) in [5.41, 5.74) is 2.26. The molecule has 2 rings (SSSR count). The molecule has 2 N–H and O–H groups in total. The summed E-state index contributed by atoms with van der Waals surface area (Å²) in [6.07, 6.45) is 2.81. The average molecular weight is 324 g/mol. The van der Waals surface area contributed by atoms with Crippen LogP contribution in [0, 0.1) is 0 Å². The van der Waals surface area contributed by atoms with Crippen molar-refractivity contribution in [2.75, 3.05) is 6.54 Å². The zero-order valence-electron chi connectivity index (χ0n) is 14.0. The Hall–Kier alpha value is -2.62. The van der Waals surface area contributed by atoms with Crippen LogP contribution in [0.4, 0.5) is 0 Å².